The lowest BCUT2D eigenvalue weighted by atomic mass is 9.91. The highest BCUT2D eigenvalue weighted by Crippen LogP contribution is 2.22. The first-order valence-electron chi connectivity index (χ1n) is 7.35. The lowest BCUT2D eigenvalue weighted by Crippen LogP contribution is -2.52. The minimum absolute atomic E-state index is 0.0788. The topological polar surface area (TPSA) is 92.5 Å². The Hall–Kier alpha value is -0.660. The number of nitrogens with zero attached hydrogens (tertiary/aromatic N) is 1. The Kier molecular flexibility index (Phi) is 5.04. The lowest BCUT2D eigenvalue weighted by Gasteiger charge is -2.39. The summed E-state index contributed by atoms with van der Waals surface area (Å²) in [6.45, 7) is 3.95. The van der Waals surface area contributed by atoms with Gasteiger partial charge in [0.25, 0.3) is 0 Å². The summed E-state index contributed by atoms with van der Waals surface area (Å²) in [5.74, 6) is 0.688. The van der Waals surface area contributed by atoms with Gasteiger partial charge in [0, 0.05) is 18.6 Å². The van der Waals surface area contributed by atoms with E-state index in [-0.39, 0.29) is 29.5 Å². The lowest BCUT2D eigenvalue weighted by molar-refractivity contribution is -0.124. The monoisotopic (exact) mass is 303 g/mol. The van der Waals surface area contributed by atoms with Crippen LogP contribution >= 0.6 is 0 Å². The maximum atomic E-state index is 12.1. The fourth-order valence-corrected chi connectivity index (χ4v) is 4.95. The van der Waals surface area contributed by atoms with E-state index < -0.39 is 9.84 Å². The van der Waals surface area contributed by atoms with Gasteiger partial charge in [0.05, 0.1) is 18.1 Å². The van der Waals surface area contributed by atoms with Crippen molar-refractivity contribution in [1.29, 1.82) is 0 Å². The molecular weight excluding hydrogens is 278 g/mol. The number of carbonyl (C=O) groups is 1. The number of nitrogens with two attached hydrogens (primary N) is 1. The summed E-state index contributed by atoms with van der Waals surface area (Å²) in [7, 11) is -2.95. The molecule has 116 valence electrons. The molecule has 0 bridgehead atoms. The standard InChI is InChI=1S/C13H25N3O3S/c1-10-3-2-5-16(12(10)7-14)8-13(17)15-11-4-6-20(18,19)9-11/h10-12H,2-9,14H2,1H3,(H,15,17). The van der Waals surface area contributed by atoms with Crippen molar-refractivity contribution in [2.45, 2.75) is 38.3 Å². The van der Waals surface area contributed by atoms with Crippen molar-refractivity contribution in [3.63, 3.8) is 0 Å². The second-order valence-corrected chi connectivity index (χ2v) is 8.29. The molecule has 0 saturated carbocycles. The van der Waals surface area contributed by atoms with Gasteiger partial charge in [-0.1, -0.05) is 6.92 Å². The Morgan fingerprint density at radius 3 is 2.75 bits per heavy atom. The second-order valence-electron chi connectivity index (χ2n) is 6.06. The van der Waals surface area contributed by atoms with Crippen LogP contribution in [0.15, 0.2) is 0 Å². The number of sulfone groups is 1. The van der Waals surface area contributed by atoms with E-state index in [2.05, 4.69) is 17.1 Å². The number of hydrogen-bond donors (Lipinski definition) is 2. The highest BCUT2D eigenvalue weighted by Gasteiger charge is 2.31. The predicted octanol–water partition coefficient (Wildman–Crippen LogP) is -0.651. The summed E-state index contributed by atoms with van der Waals surface area (Å²) in [4.78, 5) is 14.2. The Labute approximate surface area is 121 Å². The van der Waals surface area contributed by atoms with E-state index in [0.29, 0.717) is 25.4 Å². The number of nitrogens with one attached hydrogen (secondary N) is 1. The van der Waals surface area contributed by atoms with Crippen LogP contribution in [0.1, 0.15) is 26.2 Å². The Morgan fingerprint density at radius 1 is 1.40 bits per heavy atom. The third-order valence-corrected chi connectivity index (χ3v) is 6.18. The van der Waals surface area contributed by atoms with Crippen molar-refractivity contribution < 1.29 is 13.2 Å². The van der Waals surface area contributed by atoms with E-state index >= 15 is 0 Å². The molecule has 0 aromatic heterocycles. The first-order chi connectivity index (χ1) is 9.41. The van der Waals surface area contributed by atoms with Crippen molar-refractivity contribution in [2.24, 2.45) is 11.7 Å². The van der Waals surface area contributed by atoms with Crippen LogP contribution in [0.4, 0.5) is 0 Å². The summed E-state index contributed by atoms with van der Waals surface area (Å²) < 4.78 is 22.8. The first kappa shape index (κ1) is 15.7. The Bertz CT molecular complexity index is 452. The van der Waals surface area contributed by atoms with Gasteiger partial charge in [-0.2, -0.15) is 0 Å². The maximum Gasteiger partial charge on any atom is 0.234 e. The molecule has 6 nitrogen and oxygen atoms in total. The van der Waals surface area contributed by atoms with Gasteiger partial charge in [0.2, 0.25) is 5.91 Å². The minimum Gasteiger partial charge on any atom is -0.351 e. The SMILES string of the molecule is CC1CCCN(CC(=O)NC2CCS(=O)(=O)C2)C1CN. The fraction of sp³-hybridized carbons (Fsp3) is 0.923. The van der Waals surface area contributed by atoms with Crippen molar-refractivity contribution in [1.82, 2.24) is 10.2 Å². The molecule has 2 saturated heterocycles. The predicted molar refractivity (Wildman–Crippen MR) is 78.0 cm³/mol. The maximum absolute atomic E-state index is 12.1. The molecule has 2 aliphatic rings. The molecule has 2 rings (SSSR count). The molecule has 20 heavy (non-hydrogen) atoms. The normalized spacial score (nSPS) is 34.0. The molecule has 2 aliphatic heterocycles. The van der Waals surface area contributed by atoms with Gasteiger partial charge in [-0.15, -0.1) is 0 Å². The first-order valence-corrected chi connectivity index (χ1v) is 9.17. The van der Waals surface area contributed by atoms with Crippen molar-refractivity contribution in [2.75, 3.05) is 31.1 Å². The van der Waals surface area contributed by atoms with Crippen molar-refractivity contribution >= 4 is 15.7 Å². The third-order valence-electron chi connectivity index (χ3n) is 4.42. The highest BCUT2D eigenvalue weighted by molar-refractivity contribution is 7.91. The van der Waals surface area contributed by atoms with E-state index in [4.69, 9.17) is 5.73 Å². The summed E-state index contributed by atoms with van der Waals surface area (Å²) >= 11 is 0. The van der Waals surface area contributed by atoms with E-state index in [9.17, 15) is 13.2 Å². The fourth-order valence-electron chi connectivity index (χ4n) is 3.28. The van der Waals surface area contributed by atoms with Gasteiger partial charge in [-0.05, 0) is 31.7 Å². The van der Waals surface area contributed by atoms with Crippen LogP contribution < -0.4 is 11.1 Å². The van der Waals surface area contributed by atoms with Crippen LogP contribution in [0, 0.1) is 5.92 Å². The zero-order valence-electron chi connectivity index (χ0n) is 12.0. The van der Waals surface area contributed by atoms with Crippen molar-refractivity contribution in [3.8, 4) is 0 Å². The summed E-state index contributed by atoms with van der Waals surface area (Å²) in [5, 5.41) is 2.84. The van der Waals surface area contributed by atoms with E-state index in [0.717, 1.165) is 19.4 Å². The zero-order valence-corrected chi connectivity index (χ0v) is 12.9. The molecule has 0 aromatic rings. The molecular formula is C13H25N3O3S. The summed E-state index contributed by atoms with van der Waals surface area (Å²) in [5.41, 5.74) is 5.81. The van der Waals surface area contributed by atoms with E-state index in [1.807, 2.05) is 0 Å². The summed E-state index contributed by atoms with van der Waals surface area (Å²) in [6, 6.07) is 0.0350. The largest absolute Gasteiger partial charge is 0.351 e. The third kappa shape index (κ3) is 3.93. The van der Waals surface area contributed by atoms with Crippen LogP contribution in [0.5, 0.6) is 0 Å². The average molecular weight is 303 g/mol. The number of piperidine rings is 1. The average Bonchev–Trinajstić information content (AvgIpc) is 2.68. The summed E-state index contributed by atoms with van der Waals surface area (Å²) in [6.07, 6.45) is 2.77. The van der Waals surface area contributed by atoms with Gasteiger partial charge in [0.15, 0.2) is 9.84 Å². The number of rotatable bonds is 4. The Morgan fingerprint density at radius 2 is 2.15 bits per heavy atom. The Balaban J connectivity index is 1.84. The molecule has 3 N–H and O–H groups in total. The molecule has 0 spiro atoms. The molecule has 2 heterocycles. The number of likely N-dealkylation sites (tertiary alicyclic amines) is 1. The van der Waals surface area contributed by atoms with Crippen LogP contribution in [0.3, 0.4) is 0 Å². The molecule has 3 atom stereocenters. The minimum atomic E-state index is -2.95. The molecule has 1 amide bonds. The smallest absolute Gasteiger partial charge is 0.234 e. The number of carbonyl (C=O) groups excluding carboxylic acids is 1. The molecule has 3 unspecified atom stereocenters. The van der Waals surface area contributed by atoms with E-state index in [1.165, 1.54) is 0 Å². The zero-order chi connectivity index (χ0) is 14.8. The molecule has 7 heteroatoms. The molecule has 0 aromatic carbocycles. The quantitative estimate of drug-likeness (QED) is 0.720. The van der Waals surface area contributed by atoms with E-state index in [1.54, 1.807) is 0 Å². The van der Waals surface area contributed by atoms with Crippen LogP contribution in [0.25, 0.3) is 0 Å². The van der Waals surface area contributed by atoms with Crippen molar-refractivity contribution in [3.05, 3.63) is 0 Å². The second kappa shape index (κ2) is 6.41. The van der Waals surface area contributed by atoms with Crippen LogP contribution in [-0.4, -0.2) is 62.4 Å². The number of hydrogen-bond acceptors (Lipinski definition) is 5. The molecule has 2 fully saturated rings. The van der Waals surface area contributed by atoms with Gasteiger partial charge in [-0.25, -0.2) is 8.42 Å². The van der Waals surface area contributed by atoms with Crippen LogP contribution in [-0.2, 0) is 14.6 Å². The van der Waals surface area contributed by atoms with Crippen LogP contribution in [0.2, 0.25) is 0 Å². The molecule has 0 aliphatic carbocycles. The highest BCUT2D eigenvalue weighted by atomic mass is 32.2. The van der Waals surface area contributed by atoms with Gasteiger partial charge >= 0.3 is 0 Å². The van der Waals surface area contributed by atoms with Gasteiger partial charge in [0.1, 0.15) is 0 Å². The van der Waals surface area contributed by atoms with Gasteiger partial charge in [-0.3, -0.25) is 9.69 Å². The molecule has 0 radical (unpaired) electrons. The number of amides is 1. The van der Waals surface area contributed by atoms with Gasteiger partial charge < -0.3 is 11.1 Å².